The van der Waals surface area contributed by atoms with Gasteiger partial charge in [0.15, 0.2) is 0 Å². The lowest BCUT2D eigenvalue weighted by atomic mass is 9.96. The number of likely N-dealkylation sites (tertiary alicyclic amines) is 1. The first kappa shape index (κ1) is 14.3. The number of piperidine rings is 1. The van der Waals surface area contributed by atoms with Crippen molar-refractivity contribution in [1.82, 2.24) is 4.90 Å². The Bertz CT molecular complexity index is 467. The minimum Gasteiger partial charge on any atom is -0.342 e. The van der Waals surface area contributed by atoms with E-state index >= 15 is 0 Å². The highest BCUT2D eigenvalue weighted by Gasteiger charge is 2.27. The third-order valence-corrected chi connectivity index (χ3v) is 4.46. The van der Waals surface area contributed by atoms with Gasteiger partial charge >= 0.3 is 0 Å². The minimum atomic E-state index is -0.0468. The molecule has 1 aliphatic rings. The van der Waals surface area contributed by atoms with Crippen LogP contribution in [0.3, 0.4) is 0 Å². The quantitative estimate of drug-likeness (QED) is 0.872. The highest BCUT2D eigenvalue weighted by atomic mass is 35.5. The van der Waals surface area contributed by atoms with Gasteiger partial charge in [0, 0.05) is 23.9 Å². The van der Waals surface area contributed by atoms with E-state index in [-0.39, 0.29) is 23.6 Å². The maximum absolute atomic E-state index is 12.1. The molecule has 0 aromatic carbocycles. The average molecular weight is 301 g/mol. The summed E-state index contributed by atoms with van der Waals surface area (Å²) in [6, 6.07) is 3.91. The Morgan fingerprint density at radius 1 is 1.42 bits per heavy atom. The van der Waals surface area contributed by atoms with E-state index in [1.165, 1.54) is 4.88 Å². The molecule has 4 nitrogen and oxygen atoms in total. The monoisotopic (exact) mass is 300 g/mol. The Kier molecular flexibility index (Phi) is 4.82. The number of hydrogen-bond donors (Lipinski definition) is 1. The molecule has 0 bridgehead atoms. The van der Waals surface area contributed by atoms with Gasteiger partial charge in [0.25, 0.3) is 0 Å². The Morgan fingerprint density at radius 2 is 2.11 bits per heavy atom. The maximum atomic E-state index is 12.1. The molecular weight excluding hydrogens is 284 g/mol. The van der Waals surface area contributed by atoms with Crippen molar-refractivity contribution in [1.29, 1.82) is 0 Å². The Balaban J connectivity index is 1.84. The fourth-order valence-electron chi connectivity index (χ4n) is 2.20. The van der Waals surface area contributed by atoms with Gasteiger partial charge in [0.2, 0.25) is 11.8 Å². The van der Waals surface area contributed by atoms with E-state index in [0.717, 1.165) is 5.00 Å². The number of carbonyl (C=O) groups excluding carboxylic acids is 2. The minimum absolute atomic E-state index is 0.0122. The van der Waals surface area contributed by atoms with Crippen LogP contribution in [0.5, 0.6) is 0 Å². The lowest BCUT2D eigenvalue weighted by Gasteiger charge is -2.30. The number of aryl methyl sites for hydroxylation is 1. The van der Waals surface area contributed by atoms with Gasteiger partial charge in [0.1, 0.15) is 5.88 Å². The van der Waals surface area contributed by atoms with Crippen LogP contribution >= 0.6 is 22.9 Å². The fraction of sp³-hybridized carbons (Fsp3) is 0.538. The molecule has 1 aliphatic heterocycles. The maximum Gasteiger partial charge on any atom is 0.237 e. The van der Waals surface area contributed by atoms with Crippen LogP contribution in [-0.2, 0) is 9.59 Å². The predicted molar refractivity (Wildman–Crippen MR) is 77.7 cm³/mol. The molecule has 1 saturated heterocycles. The Hall–Kier alpha value is -1.07. The lowest BCUT2D eigenvalue weighted by Crippen LogP contribution is -2.41. The zero-order valence-electron chi connectivity index (χ0n) is 10.8. The second-order valence-corrected chi connectivity index (χ2v) is 6.24. The summed E-state index contributed by atoms with van der Waals surface area (Å²) in [5.41, 5.74) is 0. The van der Waals surface area contributed by atoms with Gasteiger partial charge in [-0.1, -0.05) is 0 Å². The molecule has 0 radical (unpaired) electrons. The van der Waals surface area contributed by atoms with Crippen molar-refractivity contribution >= 4 is 39.8 Å². The van der Waals surface area contributed by atoms with Gasteiger partial charge in [-0.25, -0.2) is 0 Å². The number of rotatable bonds is 3. The molecule has 2 rings (SSSR count). The molecule has 0 spiro atoms. The smallest absolute Gasteiger partial charge is 0.237 e. The van der Waals surface area contributed by atoms with Crippen LogP contribution in [-0.4, -0.2) is 35.7 Å². The van der Waals surface area contributed by atoms with Gasteiger partial charge in [0.05, 0.1) is 5.00 Å². The summed E-state index contributed by atoms with van der Waals surface area (Å²) in [6.45, 7) is 3.25. The van der Waals surface area contributed by atoms with E-state index < -0.39 is 0 Å². The molecular formula is C13H17ClN2O2S. The highest BCUT2D eigenvalue weighted by molar-refractivity contribution is 7.16. The van der Waals surface area contributed by atoms with Crippen molar-refractivity contribution in [2.24, 2.45) is 5.92 Å². The zero-order chi connectivity index (χ0) is 13.8. The number of anilines is 1. The molecule has 1 N–H and O–H groups in total. The molecule has 1 aromatic rings. The number of thiophene rings is 1. The van der Waals surface area contributed by atoms with Crippen molar-refractivity contribution in [2.75, 3.05) is 24.3 Å². The summed E-state index contributed by atoms with van der Waals surface area (Å²) in [4.78, 5) is 26.4. The van der Waals surface area contributed by atoms with E-state index in [4.69, 9.17) is 11.6 Å². The zero-order valence-corrected chi connectivity index (χ0v) is 12.4. The summed E-state index contributed by atoms with van der Waals surface area (Å²) in [5, 5.41) is 3.83. The van der Waals surface area contributed by atoms with Crippen LogP contribution in [0.4, 0.5) is 5.00 Å². The third kappa shape index (κ3) is 3.70. The van der Waals surface area contributed by atoms with E-state index in [9.17, 15) is 9.59 Å². The van der Waals surface area contributed by atoms with Crippen LogP contribution in [0, 0.1) is 12.8 Å². The molecule has 6 heteroatoms. The standard InChI is InChI=1S/C13H17ClN2O2S/c1-9-2-3-11(19-9)15-13(18)10-4-6-16(7-5-10)12(17)8-14/h2-3,10H,4-8H2,1H3,(H,15,18). The van der Waals surface area contributed by atoms with Crippen LogP contribution in [0.15, 0.2) is 12.1 Å². The number of halogens is 1. The van der Waals surface area contributed by atoms with Crippen LogP contribution in [0.2, 0.25) is 0 Å². The predicted octanol–water partition coefficient (Wildman–Crippen LogP) is 2.47. The van der Waals surface area contributed by atoms with Crippen molar-refractivity contribution in [3.8, 4) is 0 Å². The molecule has 2 amide bonds. The van der Waals surface area contributed by atoms with Crippen molar-refractivity contribution in [2.45, 2.75) is 19.8 Å². The topological polar surface area (TPSA) is 49.4 Å². The van der Waals surface area contributed by atoms with Crippen LogP contribution in [0.25, 0.3) is 0 Å². The molecule has 0 unspecified atom stereocenters. The summed E-state index contributed by atoms with van der Waals surface area (Å²) in [6.07, 6.45) is 1.41. The second-order valence-electron chi connectivity index (χ2n) is 4.69. The summed E-state index contributed by atoms with van der Waals surface area (Å²) < 4.78 is 0. The summed E-state index contributed by atoms with van der Waals surface area (Å²) in [5.74, 6) is 0.0155. The summed E-state index contributed by atoms with van der Waals surface area (Å²) in [7, 11) is 0. The number of hydrogen-bond acceptors (Lipinski definition) is 3. The fourth-order valence-corrected chi connectivity index (χ4v) is 3.14. The Labute approximate surface area is 121 Å². The molecule has 0 atom stereocenters. The number of nitrogens with one attached hydrogen (secondary N) is 1. The number of alkyl halides is 1. The van der Waals surface area contributed by atoms with Gasteiger partial charge in [-0.05, 0) is 31.9 Å². The molecule has 104 valence electrons. The highest BCUT2D eigenvalue weighted by Crippen LogP contribution is 2.24. The molecule has 2 heterocycles. The van der Waals surface area contributed by atoms with Crippen molar-refractivity contribution in [3.63, 3.8) is 0 Å². The largest absolute Gasteiger partial charge is 0.342 e. The number of nitrogens with zero attached hydrogens (tertiary/aromatic N) is 1. The van der Waals surface area contributed by atoms with Crippen LogP contribution in [0.1, 0.15) is 17.7 Å². The molecule has 0 aliphatic carbocycles. The van der Waals surface area contributed by atoms with E-state index in [2.05, 4.69) is 5.32 Å². The number of carbonyl (C=O) groups is 2. The summed E-state index contributed by atoms with van der Waals surface area (Å²) >= 11 is 7.10. The van der Waals surface area contributed by atoms with Crippen molar-refractivity contribution < 1.29 is 9.59 Å². The lowest BCUT2D eigenvalue weighted by molar-refractivity contribution is -0.132. The van der Waals surface area contributed by atoms with Gasteiger partial charge in [-0.2, -0.15) is 0 Å². The first-order chi connectivity index (χ1) is 9.10. The van der Waals surface area contributed by atoms with Gasteiger partial charge in [-0.3, -0.25) is 9.59 Å². The third-order valence-electron chi connectivity index (χ3n) is 3.32. The normalized spacial score (nSPS) is 16.4. The average Bonchev–Trinajstić information content (AvgIpc) is 2.83. The number of amides is 2. The van der Waals surface area contributed by atoms with Gasteiger partial charge < -0.3 is 10.2 Å². The molecule has 0 saturated carbocycles. The van der Waals surface area contributed by atoms with Crippen LogP contribution < -0.4 is 5.32 Å². The second kappa shape index (κ2) is 6.39. The van der Waals surface area contributed by atoms with Crippen molar-refractivity contribution in [3.05, 3.63) is 17.0 Å². The first-order valence-corrected chi connectivity index (χ1v) is 7.66. The SMILES string of the molecule is Cc1ccc(NC(=O)C2CCN(C(=O)CCl)CC2)s1. The van der Waals surface area contributed by atoms with Gasteiger partial charge in [-0.15, -0.1) is 22.9 Å². The van der Waals surface area contributed by atoms with E-state index in [0.29, 0.717) is 25.9 Å². The van der Waals surface area contributed by atoms with E-state index in [1.54, 1.807) is 16.2 Å². The van der Waals surface area contributed by atoms with E-state index in [1.807, 2.05) is 19.1 Å². The Morgan fingerprint density at radius 3 is 2.63 bits per heavy atom. The first-order valence-electron chi connectivity index (χ1n) is 6.31. The molecule has 1 fully saturated rings. The molecule has 1 aromatic heterocycles. The molecule has 19 heavy (non-hydrogen) atoms.